The second-order valence-corrected chi connectivity index (χ2v) is 8.75. The third-order valence-corrected chi connectivity index (χ3v) is 6.62. The van der Waals surface area contributed by atoms with Crippen LogP contribution in [0.3, 0.4) is 0 Å². The summed E-state index contributed by atoms with van der Waals surface area (Å²) in [6.07, 6.45) is 4.58. The van der Waals surface area contributed by atoms with Gasteiger partial charge in [0.15, 0.2) is 11.0 Å². The summed E-state index contributed by atoms with van der Waals surface area (Å²) in [5, 5.41) is 14.4. The lowest BCUT2D eigenvalue weighted by Gasteiger charge is -2.17. The van der Waals surface area contributed by atoms with E-state index in [1.165, 1.54) is 36.7 Å². The highest BCUT2D eigenvalue weighted by atomic mass is 35.5. The summed E-state index contributed by atoms with van der Waals surface area (Å²) in [7, 11) is 0. The van der Waals surface area contributed by atoms with Crippen LogP contribution in [0.1, 0.15) is 37.6 Å². The molecule has 6 nitrogen and oxygen atoms in total. The number of rotatable bonds is 6. The number of benzene rings is 2. The number of hydrogen-bond donors (Lipinski definition) is 0. The molecule has 4 aromatic rings. The van der Waals surface area contributed by atoms with E-state index in [1.807, 2.05) is 24.3 Å². The lowest BCUT2D eigenvalue weighted by molar-refractivity contribution is 0.391. The molecule has 0 bridgehead atoms. The van der Waals surface area contributed by atoms with E-state index in [4.69, 9.17) is 16.1 Å². The van der Waals surface area contributed by atoms with E-state index in [0.717, 1.165) is 29.4 Å². The van der Waals surface area contributed by atoms with Crippen LogP contribution in [0, 0.1) is 5.82 Å². The maximum absolute atomic E-state index is 13.1. The Kier molecular flexibility index (Phi) is 5.74. The SMILES string of the molecule is Fc1ccc(-c2noc(CSc3nnc(-c4ccccc4Cl)n3C3CCCC3)n2)cc1. The zero-order chi connectivity index (χ0) is 21.2. The van der Waals surface area contributed by atoms with Crippen LogP contribution in [0.15, 0.2) is 58.2 Å². The van der Waals surface area contributed by atoms with Crippen LogP contribution < -0.4 is 0 Å². The summed E-state index contributed by atoms with van der Waals surface area (Å²) in [5.74, 6) is 1.86. The van der Waals surface area contributed by atoms with Gasteiger partial charge in [0.05, 0.1) is 10.8 Å². The Bertz CT molecular complexity index is 1190. The fourth-order valence-corrected chi connectivity index (χ4v) is 4.91. The van der Waals surface area contributed by atoms with Crippen molar-refractivity contribution >= 4 is 23.4 Å². The van der Waals surface area contributed by atoms with Gasteiger partial charge in [-0.25, -0.2) is 4.39 Å². The summed E-state index contributed by atoms with van der Waals surface area (Å²) in [6.45, 7) is 0. The highest BCUT2D eigenvalue weighted by Crippen LogP contribution is 2.38. The predicted molar refractivity (Wildman–Crippen MR) is 117 cm³/mol. The molecule has 0 unspecified atom stereocenters. The Balaban J connectivity index is 1.40. The van der Waals surface area contributed by atoms with Gasteiger partial charge in [-0.1, -0.05) is 53.5 Å². The quantitative estimate of drug-likeness (QED) is 0.322. The van der Waals surface area contributed by atoms with E-state index < -0.39 is 0 Å². The maximum Gasteiger partial charge on any atom is 0.237 e. The molecule has 158 valence electrons. The Hall–Kier alpha value is -2.71. The Morgan fingerprint density at radius 1 is 1.06 bits per heavy atom. The molecule has 1 aliphatic carbocycles. The van der Waals surface area contributed by atoms with Gasteiger partial charge in [-0.15, -0.1) is 10.2 Å². The number of hydrogen-bond acceptors (Lipinski definition) is 6. The summed E-state index contributed by atoms with van der Waals surface area (Å²) in [5.41, 5.74) is 1.59. The van der Waals surface area contributed by atoms with Crippen molar-refractivity contribution < 1.29 is 8.91 Å². The molecule has 1 fully saturated rings. The molecule has 0 amide bonds. The van der Waals surface area contributed by atoms with Crippen LogP contribution in [0.4, 0.5) is 4.39 Å². The minimum atomic E-state index is -0.302. The molecule has 2 aromatic heterocycles. The summed E-state index contributed by atoms with van der Waals surface area (Å²) in [6, 6.07) is 14.1. The Labute approximate surface area is 187 Å². The molecule has 2 heterocycles. The third kappa shape index (κ3) is 4.22. The summed E-state index contributed by atoms with van der Waals surface area (Å²) < 4.78 is 20.7. The van der Waals surface area contributed by atoms with Crippen molar-refractivity contribution in [2.75, 3.05) is 0 Å². The topological polar surface area (TPSA) is 69.6 Å². The van der Waals surface area contributed by atoms with Crippen molar-refractivity contribution in [3.05, 3.63) is 65.3 Å². The molecule has 5 rings (SSSR count). The standard InChI is InChI=1S/C22H19ClFN5OS/c23-18-8-4-3-7-17(18)21-26-27-22(29(21)16-5-1-2-6-16)31-13-19-25-20(28-30-19)14-9-11-15(24)12-10-14/h3-4,7-12,16H,1-2,5-6,13H2. The van der Waals surface area contributed by atoms with Crippen LogP contribution >= 0.6 is 23.4 Å². The van der Waals surface area contributed by atoms with Crippen molar-refractivity contribution in [2.45, 2.75) is 42.6 Å². The fourth-order valence-electron chi connectivity index (χ4n) is 3.85. The van der Waals surface area contributed by atoms with Gasteiger partial charge in [0.1, 0.15) is 5.82 Å². The predicted octanol–water partition coefficient (Wildman–Crippen LogP) is 6.20. The van der Waals surface area contributed by atoms with Gasteiger partial charge in [-0.3, -0.25) is 4.57 Å². The Morgan fingerprint density at radius 2 is 1.84 bits per heavy atom. The molecule has 0 saturated heterocycles. The maximum atomic E-state index is 13.1. The normalized spacial score (nSPS) is 14.4. The molecule has 1 aliphatic rings. The molecule has 31 heavy (non-hydrogen) atoms. The first kappa shape index (κ1) is 20.2. The van der Waals surface area contributed by atoms with Gasteiger partial charge in [0.2, 0.25) is 11.7 Å². The van der Waals surface area contributed by atoms with Crippen LogP contribution in [0.5, 0.6) is 0 Å². The molecular weight excluding hydrogens is 437 g/mol. The minimum Gasteiger partial charge on any atom is -0.338 e. The van der Waals surface area contributed by atoms with Crippen molar-refractivity contribution in [3.63, 3.8) is 0 Å². The van der Waals surface area contributed by atoms with E-state index in [0.29, 0.717) is 34.1 Å². The molecule has 0 aliphatic heterocycles. The molecule has 0 radical (unpaired) electrons. The summed E-state index contributed by atoms with van der Waals surface area (Å²) >= 11 is 7.96. The van der Waals surface area contributed by atoms with Crippen LogP contribution in [-0.4, -0.2) is 24.9 Å². The number of thioether (sulfide) groups is 1. The van der Waals surface area contributed by atoms with Crippen LogP contribution in [-0.2, 0) is 5.75 Å². The van der Waals surface area contributed by atoms with Gasteiger partial charge in [-0.2, -0.15) is 4.98 Å². The lowest BCUT2D eigenvalue weighted by atomic mass is 10.2. The lowest BCUT2D eigenvalue weighted by Crippen LogP contribution is -2.08. The average Bonchev–Trinajstić information content (AvgIpc) is 3.53. The number of aromatic nitrogens is 5. The monoisotopic (exact) mass is 455 g/mol. The smallest absolute Gasteiger partial charge is 0.237 e. The molecule has 1 saturated carbocycles. The highest BCUT2D eigenvalue weighted by Gasteiger charge is 2.26. The van der Waals surface area contributed by atoms with Crippen molar-refractivity contribution in [1.29, 1.82) is 0 Å². The second-order valence-electron chi connectivity index (χ2n) is 7.40. The minimum absolute atomic E-state index is 0.302. The molecule has 9 heteroatoms. The second kappa shape index (κ2) is 8.80. The molecule has 0 atom stereocenters. The zero-order valence-electron chi connectivity index (χ0n) is 16.5. The van der Waals surface area contributed by atoms with E-state index in [2.05, 4.69) is 24.9 Å². The Morgan fingerprint density at radius 3 is 2.61 bits per heavy atom. The third-order valence-electron chi connectivity index (χ3n) is 5.36. The largest absolute Gasteiger partial charge is 0.338 e. The highest BCUT2D eigenvalue weighted by molar-refractivity contribution is 7.98. The summed E-state index contributed by atoms with van der Waals surface area (Å²) in [4.78, 5) is 4.43. The fraction of sp³-hybridized carbons (Fsp3) is 0.273. The van der Waals surface area contributed by atoms with Crippen molar-refractivity contribution in [1.82, 2.24) is 24.9 Å². The van der Waals surface area contributed by atoms with Crippen molar-refractivity contribution in [3.8, 4) is 22.8 Å². The molecule has 2 aromatic carbocycles. The number of halogens is 2. The van der Waals surface area contributed by atoms with Crippen molar-refractivity contribution in [2.24, 2.45) is 0 Å². The first-order chi connectivity index (χ1) is 15.2. The first-order valence-corrected chi connectivity index (χ1v) is 11.5. The zero-order valence-corrected chi connectivity index (χ0v) is 18.1. The van der Waals surface area contributed by atoms with E-state index >= 15 is 0 Å². The van der Waals surface area contributed by atoms with E-state index in [-0.39, 0.29) is 5.82 Å². The molecule has 0 spiro atoms. The van der Waals surface area contributed by atoms with Crippen LogP contribution in [0.2, 0.25) is 5.02 Å². The van der Waals surface area contributed by atoms with Gasteiger partial charge in [-0.05, 0) is 49.2 Å². The van der Waals surface area contributed by atoms with E-state index in [1.54, 1.807) is 12.1 Å². The average molecular weight is 456 g/mol. The van der Waals surface area contributed by atoms with Crippen LogP contribution in [0.25, 0.3) is 22.8 Å². The molecular formula is C22H19ClFN5OS. The first-order valence-electron chi connectivity index (χ1n) is 10.1. The van der Waals surface area contributed by atoms with E-state index in [9.17, 15) is 4.39 Å². The van der Waals surface area contributed by atoms with Gasteiger partial charge in [0.25, 0.3) is 0 Å². The molecule has 0 N–H and O–H groups in total. The van der Waals surface area contributed by atoms with Gasteiger partial charge in [0, 0.05) is 17.2 Å². The van der Waals surface area contributed by atoms with Gasteiger partial charge < -0.3 is 4.52 Å². The number of nitrogens with zero attached hydrogens (tertiary/aromatic N) is 5. The van der Waals surface area contributed by atoms with Gasteiger partial charge >= 0.3 is 0 Å².